The molecule has 0 spiro atoms. The number of imidazole rings is 1. The van der Waals surface area contributed by atoms with Crippen molar-refractivity contribution in [1.82, 2.24) is 30.8 Å². The first kappa shape index (κ1) is 24.7. The second-order valence-electron chi connectivity index (χ2n) is 8.89. The van der Waals surface area contributed by atoms with E-state index in [2.05, 4.69) is 25.9 Å². The molecule has 0 radical (unpaired) electrons. The summed E-state index contributed by atoms with van der Waals surface area (Å²) in [5.41, 5.74) is 0.585. The highest BCUT2D eigenvalue weighted by atomic mass is 16.4. The van der Waals surface area contributed by atoms with Gasteiger partial charge in [-0.05, 0) is 38.1 Å². The van der Waals surface area contributed by atoms with Crippen LogP contribution in [0.5, 0.6) is 0 Å². The lowest BCUT2D eigenvalue weighted by molar-refractivity contribution is -0.145. The van der Waals surface area contributed by atoms with Crippen LogP contribution in [-0.2, 0) is 25.6 Å². The summed E-state index contributed by atoms with van der Waals surface area (Å²) in [5.74, 6) is -2.27. The van der Waals surface area contributed by atoms with Crippen molar-refractivity contribution < 1.29 is 24.3 Å². The molecule has 0 aromatic carbocycles. The molecule has 2 fully saturated rings. The van der Waals surface area contributed by atoms with Crippen molar-refractivity contribution in [2.24, 2.45) is 5.92 Å². The highest BCUT2D eigenvalue weighted by Gasteiger charge is 2.40. The zero-order valence-corrected chi connectivity index (χ0v) is 19.2. The molecule has 3 heterocycles. The summed E-state index contributed by atoms with van der Waals surface area (Å²) >= 11 is 0. The number of nitrogens with zero attached hydrogens (tertiary/aromatic N) is 2. The van der Waals surface area contributed by atoms with Gasteiger partial charge in [-0.1, -0.05) is 20.3 Å². The molecule has 3 rings (SSSR count). The quantitative estimate of drug-likeness (QED) is 0.322. The molecule has 33 heavy (non-hydrogen) atoms. The molecule has 1 aromatic heterocycles. The van der Waals surface area contributed by atoms with E-state index in [0.717, 1.165) is 19.4 Å². The van der Waals surface area contributed by atoms with Crippen molar-refractivity contribution in [3.05, 3.63) is 18.2 Å². The van der Waals surface area contributed by atoms with Gasteiger partial charge in [0.1, 0.15) is 18.1 Å². The predicted molar refractivity (Wildman–Crippen MR) is 119 cm³/mol. The number of aliphatic carboxylic acids is 1. The third-order valence-corrected chi connectivity index (χ3v) is 6.59. The lowest BCUT2D eigenvalue weighted by Gasteiger charge is -2.32. The number of carbonyl (C=O) groups excluding carboxylic acids is 3. The smallest absolute Gasteiger partial charge is 0.326 e. The van der Waals surface area contributed by atoms with Gasteiger partial charge >= 0.3 is 5.97 Å². The minimum absolute atomic E-state index is 0.0572. The molecule has 0 aliphatic carbocycles. The fraction of sp³-hybridized carbons (Fsp3) is 0.682. The van der Waals surface area contributed by atoms with Crippen LogP contribution in [0.2, 0.25) is 0 Å². The number of rotatable bonds is 10. The van der Waals surface area contributed by atoms with Crippen LogP contribution in [-0.4, -0.2) is 80.9 Å². The summed E-state index contributed by atoms with van der Waals surface area (Å²) in [6.45, 7) is 5.02. The highest BCUT2D eigenvalue weighted by Crippen LogP contribution is 2.22. The van der Waals surface area contributed by atoms with Gasteiger partial charge in [-0.2, -0.15) is 0 Å². The first-order valence-corrected chi connectivity index (χ1v) is 11.7. The van der Waals surface area contributed by atoms with Crippen molar-refractivity contribution in [2.75, 3.05) is 13.1 Å². The van der Waals surface area contributed by atoms with Crippen molar-refractivity contribution in [1.29, 1.82) is 0 Å². The molecule has 5 unspecified atom stereocenters. The fourth-order valence-corrected chi connectivity index (χ4v) is 4.41. The molecule has 1 aromatic rings. The van der Waals surface area contributed by atoms with Gasteiger partial charge in [-0.15, -0.1) is 0 Å². The maximum Gasteiger partial charge on any atom is 0.326 e. The minimum atomic E-state index is -1.16. The van der Waals surface area contributed by atoms with E-state index < -0.39 is 30.0 Å². The topological polar surface area (TPSA) is 157 Å². The normalized spacial score (nSPS) is 23.0. The van der Waals surface area contributed by atoms with E-state index in [1.54, 1.807) is 0 Å². The summed E-state index contributed by atoms with van der Waals surface area (Å²) < 4.78 is 0. The number of carboxylic acids is 1. The Kier molecular flexibility index (Phi) is 8.43. The summed E-state index contributed by atoms with van der Waals surface area (Å²) in [6, 6.07) is -2.96. The fourth-order valence-electron chi connectivity index (χ4n) is 4.41. The molecular formula is C22H34N6O5. The SMILES string of the molecule is CCC(C)C(NC(=O)C1CCCN1)C(=O)N1CCCC1C(=O)NC(Cc1cnc[nH]1)C(=O)O. The average Bonchev–Trinajstić information content (AvgIpc) is 3.57. The number of aromatic amines is 1. The molecule has 0 saturated carbocycles. The Labute approximate surface area is 193 Å². The van der Waals surface area contributed by atoms with E-state index in [4.69, 9.17) is 0 Å². The molecule has 2 aliphatic rings. The van der Waals surface area contributed by atoms with Crippen LogP contribution in [0.15, 0.2) is 12.5 Å². The zero-order chi connectivity index (χ0) is 24.0. The van der Waals surface area contributed by atoms with Crippen molar-refractivity contribution in [3.63, 3.8) is 0 Å². The number of likely N-dealkylation sites (tertiary alicyclic amines) is 1. The number of nitrogens with one attached hydrogen (secondary N) is 4. The lowest BCUT2D eigenvalue weighted by atomic mass is 9.96. The third-order valence-electron chi connectivity index (χ3n) is 6.59. The lowest BCUT2D eigenvalue weighted by Crippen LogP contribution is -2.58. The van der Waals surface area contributed by atoms with Crippen molar-refractivity contribution in [2.45, 2.75) is 76.5 Å². The van der Waals surface area contributed by atoms with E-state index in [1.165, 1.54) is 17.4 Å². The second kappa shape index (κ2) is 11.3. The molecule has 2 aliphatic heterocycles. The van der Waals surface area contributed by atoms with Gasteiger partial charge in [0, 0.05) is 24.9 Å². The summed E-state index contributed by atoms with van der Waals surface area (Å²) in [5, 5.41) is 18.2. The predicted octanol–water partition coefficient (Wildman–Crippen LogP) is -0.204. The number of H-pyrrole nitrogens is 1. The van der Waals surface area contributed by atoms with Gasteiger partial charge in [0.15, 0.2) is 0 Å². The van der Waals surface area contributed by atoms with Gasteiger partial charge in [0.25, 0.3) is 0 Å². The van der Waals surface area contributed by atoms with Gasteiger partial charge < -0.3 is 30.9 Å². The Hall–Kier alpha value is -2.95. The molecule has 5 N–H and O–H groups in total. The number of aromatic nitrogens is 2. The van der Waals surface area contributed by atoms with Gasteiger partial charge in [-0.3, -0.25) is 14.4 Å². The maximum atomic E-state index is 13.5. The largest absolute Gasteiger partial charge is 0.480 e. The van der Waals surface area contributed by atoms with Crippen LogP contribution in [0.1, 0.15) is 51.6 Å². The Morgan fingerprint density at radius 2 is 2.00 bits per heavy atom. The molecule has 3 amide bonds. The van der Waals surface area contributed by atoms with E-state index in [1.807, 2.05) is 13.8 Å². The molecule has 11 nitrogen and oxygen atoms in total. The van der Waals surface area contributed by atoms with Gasteiger partial charge in [-0.25, -0.2) is 9.78 Å². The maximum absolute atomic E-state index is 13.5. The Balaban J connectivity index is 1.68. The molecular weight excluding hydrogens is 428 g/mol. The number of hydrogen-bond acceptors (Lipinski definition) is 6. The Morgan fingerprint density at radius 3 is 2.61 bits per heavy atom. The van der Waals surface area contributed by atoms with Crippen LogP contribution < -0.4 is 16.0 Å². The van der Waals surface area contributed by atoms with Crippen LogP contribution in [0.3, 0.4) is 0 Å². The standard InChI is InChI=1S/C22H34N6O5/c1-3-13(2)18(27-19(29)15-6-4-8-24-15)21(31)28-9-5-7-17(28)20(30)26-16(22(32)33)10-14-11-23-12-25-14/h11-13,15-18,24H,3-10H2,1-2H3,(H,23,25)(H,26,30)(H,27,29)(H,32,33). The van der Waals surface area contributed by atoms with Crippen LogP contribution in [0.25, 0.3) is 0 Å². The highest BCUT2D eigenvalue weighted by molar-refractivity contribution is 5.94. The molecule has 11 heteroatoms. The summed E-state index contributed by atoms with van der Waals surface area (Å²) in [6.07, 6.45) is 6.41. The Morgan fingerprint density at radius 1 is 1.21 bits per heavy atom. The van der Waals surface area contributed by atoms with E-state index in [9.17, 15) is 24.3 Å². The zero-order valence-electron chi connectivity index (χ0n) is 19.2. The van der Waals surface area contributed by atoms with Crippen LogP contribution in [0, 0.1) is 5.92 Å². The minimum Gasteiger partial charge on any atom is -0.480 e. The Bertz CT molecular complexity index is 838. The molecule has 182 valence electrons. The summed E-state index contributed by atoms with van der Waals surface area (Å²) in [4.78, 5) is 59.0. The van der Waals surface area contributed by atoms with Crippen LogP contribution >= 0.6 is 0 Å². The van der Waals surface area contributed by atoms with E-state index >= 15 is 0 Å². The molecule has 0 bridgehead atoms. The van der Waals surface area contributed by atoms with Crippen LogP contribution in [0.4, 0.5) is 0 Å². The third kappa shape index (κ3) is 6.10. The van der Waals surface area contributed by atoms with E-state index in [-0.39, 0.29) is 30.2 Å². The number of carbonyl (C=O) groups is 4. The van der Waals surface area contributed by atoms with E-state index in [0.29, 0.717) is 31.5 Å². The van der Waals surface area contributed by atoms with Crippen molar-refractivity contribution >= 4 is 23.7 Å². The number of hydrogen-bond donors (Lipinski definition) is 5. The first-order chi connectivity index (χ1) is 15.8. The molecule has 2 saturated heterocycles. The number of carboxylic acid groups (broad SMARTS) is 1. The number of amides is 3. The van der Waals surface area contributed by atoms with Gasteiger partial charge in [0.2, 0.25) is 17.7 Å². The average molecular weight is 463 g/mol. The molecule has 5 atom stereocenters. The first-order valence-electron chi connectivity index (χ1n) is 11.7. The van der Waals surface area contributed by atoms with Gasteiger partial charge in [0.05, 0.1) is 12.4 Å². The van der Waals surface area contributed by atoms with Crippen molar-refractivity contribution in [3.8, 4) is 0 Å². The second-order valence-corrected chi connectivity index (χ2v) is 8.89. The summed E-state index contributed by atoms with van der Waals surface area (Å²) in [7, 11) is 0. The monoisotopic (exact) mass is 462 g/mol.